The minimum Gasteiger partial charge on any atom is -0.445 e. The Kier molecular flexibility index (Phi) is 4.39. The van der Waals surface area contributed by atoms with Crippen LogP contribution in [0, 0.1) is 6.92 Å². The monoisotopic (exact) mass is 290 g/mol. The summed E-state index contributed by atoms with van der Waals surface area (Å²) in [6.07, 6.45) is -0.439. The highest BCUT2D eigenvalue weighted by molar-refractivity contribution is 7.03. The van der Waals surface area contributed by atoms with E-state index in [1.165, 1.54) is 11.5 Å². The van der Waals surface area contributed by atoms with Crippen LogP contribution in [0.4, 0.5) is 4.79 Å². The van der Waals surface area contributed by atoms with Crippen LogP contribution in [0.3, 0.4) is 0 Å². The number of hydrogen-bond acceptors (Lipinski definition) is 4. The number of rotatable bonds is 4. The van der Waals surface area contributed by atoms with Crippen LogP contribution in [-0.2, 0) is 16.9 Å². The van der Waals surface area contributed by atoms with Crippen molar-refractivity contribution in [1.82, 2.24) is 9.69 Å². The van der Waals surface area contributed by atoms with Crippen molar-refractivity contribution in [2.24, 2.45) is 0 Å². The molecule has 4 nitrogen and oxygen atoms in total. The molecule has 0 aliphatic carbocycles. The van der Waals surface area contributed by atoms with Crippen LogP contribution in [0.25, 0.3) is 0 Å². The molecule has 0 aliphatic heterocycles. The first-order valence-corrected chi connectivity index (χ1v) is 7.23. The Bertz CT molecular complexity index is 579. The fourth-order valence-electron chi connectivity index (χ4n) is 1.97. The molecule has 1 aromatic heterocycles. The number of aryl methyl sites for hydroxylation is 1. The molecule has 0 saturated carbocycles. The maximum atomic E-state index is 11.9. The molecule has 20 heavy (non-hydrogen) atoms. The summed E-state index contributed by atoms with van der Waals surface area (Å²) in [5, 5.41) is 4.82. The Labute approximate surface area is 123 Å². The summed E-state index contributed by atoms with van der Waals surface area (Å²) in [6.45, 7) is 6.08. The van der Waals surface area contributed by atoms with Gasteiger partial charge in [0, 0.05) is 5.38 Å². The summed E-state index contributed by atoms with van der Waals surface area (Å²) >= 11 is 1.39. The van der Waals surface area contributed by atoms with Crippen molar-refractivity contribution in [3.05, 3.63) is 52.5 Å². The van der Waals surface area contributed by atoms with E-state index in [1.807, 2.05) is 56.5 Å². The topological polar surface area (TPSA) is 51.2 Å². The molecule has 1 heterocycles. The quantitative estimate of drug-likeness (QED) is 0.935. The van der Waals surface area contributed by atoms with Crippen molar-refractivity contribution in [3.63, 3.8) is 0 Å². The maximum absolute atomic E-state index is 11.9. The number of benzene rings is 1. The van der Waals surface area contributed by atoms with Crippen LogP contribution >= 0.6 is 11.5 Å². The average molecular weight is 290 g/mol. The first-order chi connectivity index (χ1) is 9.49. The van der Waals surface area contributed by atoms with Crippen molar-refractivity contribution in [2.75, 3.05) is 0 Å². The number of alkyl carbamates (subject to hydrolysis) is 1. The second kappa shape index (κ2) is 6.05. The van der Waals surface area contributed by atoms with Gasteiger partial charge >= 0.3 is 6.09 Å². The Morgan fingerprint density at radius 1 is 1.35 bits per heavy atom. The zero-order valence-electron chi connectivity index (χ0n) is 11.8. The first kappa shape index (κ1) is 14.5. The smallest absolute Gasteiger partial charge is 0.408 e. The largest absolute Gasteiger partial charge is 0.445 e. The normalized spacial score (nSPS) is 11.2. The van der Waals surface area contributed by atoms with E-state index in [2.05, 4.69) is 9.69 Å². The van der Waals surface area contributed by atoms with Gasteiger partial charge in [-0.25, -0.2) is 4.79 Å². The highest BCUT2D eigenvalue weighted by Crippen LogP contribution is 2.23. The average Bonchev–Trinajstić information content (AvgIpc) is 2.84. The number of carbonyl (C=O) groups excluding carboxylic acids is 1. The van der Waals surface area contributed by atoms with Gasteiger partial charge in [0.05, 0.1) is 11.2 Å². The van der Waals surface area contributed by atoms with Gasteiger partial charge < -0.3 is 10.1 Å². The molecule has 0 radical (unpaired) electrons. The Balaban J connectivity index is 1.93. The maximum Gasteiger partial charge on any atom is 0.408 e. The number of nitrogens with zero attached hydrogens (tertiary/aromatic N) is 1. The molecule has 0 atom stereocenters. The van der Waals surface area contributed by atoms with Gasteiger partial charge in [0.1, 0.15) is 6.61 Å². The summed E-state index contributed by atoms with van der Waals surface area (Å²) in [7, 11) is 0. The Morgan fingerprint density at radius 2 is 2.05 bits per heavy atom. The molecule has 0 fully saturated rings. The number of hydrogen-bond donors (Lipinski definition) is 1. The molecular formula is C15H18N2O2S. The van der Waals surface area contributed by atoms with E-state index in [0.29, 0.717) is 0 Å². The number of amides is 1. The summed E-state index contributed by atoms with van der Waals surface area (Å²) in [6, 6.07) is 9.60. The zero-order valence-corrected chi connectivity index (χ0v) is 12.7. The van der Waals surface area contributed by atoms with Crippen molar-refractivity contribution >= 4 is 17.6 Å². The summed E-state index contributed by atoms with van der Waals surface area (Å²) in [4.78, 5) is 11.9. The van der Waals surface area contributed by atoms with Crippen LogP contribution in [0.2, 0.25) is 0 Å². The van der Waals surface area contributed by atoms with E-state index in [0.717, 1.165) is 16.8 Å². The van der Waals surface area contributed by atoms with E-state index in [1.54, 1.807) is 0 Å². The molecule has 106 valence electrons. The van der Waals surface area contributed by atoms with Crippen LogP contribution in [0.5, 0.6) is 0 Å². The molecule has 2 aromatic rings. The molecule has 0 unspecified atom stereocenters. The molecule has 0 bridgehead atoms. The fourth-order valence-corrected chi connectivity index (χ4v) is 2.77. The van der Waals surface area contributed by atoms with E-state index in [9.17, 15) is 4.79 Å². The number of aromatic nitrogens is 1. The van der Waals surface area contributed by atoms with Crippen LogP contribution < -0.4 is 5.32 Å². The van der Waals surface area contributed by atoms with Crippen molar-refractivity contribution in [1.29, 1.82) is 0 Å². The molecule has 0 aliphatic rings. The van der Waals surface area contributed by atoms with Crippen LogP contribution in [0.1, 0.15) is 30.7 Å². The van der Waals surface area contributed by atoms with E-state index in [-0.39, 0.29) is 6.61 Å². The summed E-state index contributed by atoms with van der Waals surface area (Å²) in [5.41, 5.74) is 2.37. The third-order valence-electron chi connectivity index (χ3n) is 2.97. The van der Waals surface area contributed by atoms with Gasteiger partial charge in [-0.2, -0.15) is 4.37 Å². The van der Waals surface area contributed by atoms with Gasteiger partial charge in [-0.1, -0.05) is 30.3 Å². The zero-order chi connectivity index (χ0) is 14.6. The lowest BCUT2D eigenvalue weighted by Crippen LogP contribution is -2.41. The van der Waals surface area contributed by atoms with Gasteiger partial charge in [0.25, 0.3) is 0 Å². The minimum atomic E-state index is -0.544. The van der Waals surface area contributed by atoms with Gasteiger partial charge in [-0.15, -0.1) is 0 Å². The first-order valence-electron chi connectivity index (χ1n) is 6.39. The van der Waals surface area contributed by atoms with Gasteiger partial charge in [0.2, 0.25) is 0 Å². The highest BCUT2D eigenvalue weighted by Gasteiger charge is 2.27. The second-order valence-electron chi connectivity index (χ2n) is 5.16. The molecular weight excluding hydrogens is 272 g/mol. The van der Waals surface area contributed by atoms with Crippen LogP contribution in [-0.4, -0.2) is 10.5 Å². The van der Waals surface area contributed by atoms with Crippen molar-refractivity contribution in [2.45, 2.75) is 32.9 Å². The third kappa shape index (κ3) is 3.57. The van der Waals surface area contributed by atoms with Crippen LogP contribution in [0.15, 0.2) is 35.7 Å². The summed E-state index contributed by atoms with van der Waals surface area (Å²) in [5.74, 6) is 0. The molecule has 0 saturated heterocycles. The molecule has 0 spiro atoms. The number of nitrogens with one attached hydrogen (secondary N) is 1. The highest BCUT2D eigenvalue weighted by atomic mass is 32.1. The Morgan fingerprint density at radius 3 is 2.65 bits per heavy atom. The Hall–Kier alpha value is -1.88. The predicted octanol–water partition coefficient (Wildman–Crippen LogP) is 3.61. The molecule has 1 aromatic carbocycles. The minimum absolute atomic E-state index is 0.263. The number of ether oxygens (including phenoxy) is 1. The fraction of sp³-hybridized carbons (Fsp3) is 0.333. The predicted molar refractivity (Wildman–Crippen MR) is 79.6 cm³/mol. The van der Waals surface area contributed by atoms with Crippen molar-refractivity contribution < 1.29 is 9.53 Å². The molecule has 1 N–H and O–H groups in total. The lowest BCUT2D eigenvalue weighted by Gasteiger charge is -2.24. The molecule has 1 amide bonds. The third-order valence-corrected chi connectivity index (χ3v) is 3.71. The van der Waals surface area contributed by atoms with Gasteiger partial charge in [-0.05, 0) is 43.4 Å². The summed E-state index contributed by atoms with van der Waals surface area (Å²) < 4.78 is 9.56. The molecule has 5 heteroatoms. The lowest BCUT2D eigenvalue weighted by atomic mass is 9.98. The van der Waals surface area contributed by atoms with Gasteiger partial charge in [0.15, 0.2) is 0 Å². The van der Waals surface area contributed by atoms with E-state index < -0.39 is 11.6 Å². The number of carbonyl (C=O) groups is 1. The standard InChI is InChI=1S/C15H18N2O2S/c1-11-10-20-17-13(11)15(2,3)16-14(18)19-9-12-7-5-4-6-8-12/h4-8,10H,9H2,1-3H3,(H,16,18). The SMILES string of the molecule is Cc1csnc1C(C)(C)NC(=O)OCc1ccccc1. The van der Waals surface area contributed by atoms with Crippen molar-refractivity contribution in [3.8, 4) is 0 Å². The van der Waals surface area contributed by atoms with Gasteiger partial charge in [-0.3, -0.25) is 0 Å². The van der Waals surface area contributed by atoms with E-state index >= 15 is 0 Å². The lowest BCUT2D eigenvalue weighted by molar-refractivity contribution is 0.129. The molecule has 2 rings (SSSR count). The second-order valence-corrected chi connectivity index (χ2v) is 5.79. The van der Waals surface area contributed by atoms with E-state index in [4.69, 9.17) is 4.74 Å².